The molecule has 6 N–H and O–H groups in total. The van der Waals surface area contributed by atoms with E-state index in [1.807, 2.05) is 36.4 Å². The summed E-state index contributed by atoms with van der Waals surface area (Å²) in [5.74, 6) is -6.42. The zero-order valence-corrected chi connectivity index (χ0v) is 25.7. The number of aromatic nitrogens is 2. The predicted octanol–water partition coefficient (Wildman–Crippen LogP) is 3.57. The second kappa shape index (κ2) is 17.1. The van der Waals surface area contributed by atoms with Crippen LogP contribution in [0.25, 0.3) is 11.0 Å². The van der Waals surface area contributed by atoms with Crippen LogP contribution in [-0.4, -0.2) is 91.6 Å². The van der Waals surface area contributed by atoms with E-state index >= 15 is 0 Å². The number of carbonyl (C=O) groups excluding carboxylic acids is 2. The fraction of sp³-hybridized carbons (Fsp3) is 0.379. The smallest absolute Gasteiger partial charge is 0.481 e. The third kappa shape index (κ3) is 11.4. The number of nitrogens with zero attached hydrogens (tertiary/aromatic N) is 4. The molecule has 0 fully saturated rings. The molecule has 0 saturated heterocycles. The fourth-order valence-corrected chi connectivity index (χ4v) is 4.50. The minimum atomic E-state index is -5.08. The quantitative estimate of drug-likeness (QED) is 0.170. The van der Waals surface area contributed by atoms with Crippen LogP contribution in [0.1, 0.15) is 30.7 Å². The van der Waals surface area contributed by atoms with Gasteiger partial charge in [-0.2, -0.15) is 26.3 Å². The maximum atomic E-state index is 13.5. The molecule has 0 unspecified atom stereocenters. The number of anilines is 1. The molecule has 14 nitrogen and oxygen atoms in total. The SMILES string of the molecule is CN1Cc2ccccc2N(C(=O)NCc2nc3ccccc3n2CCCCN)[C@@H](CC(=O)O)C1=O.O=C(O)C(F)(F)F.O=C(O)C(F)(F)F. The van der Waals surface area contributed by atoms with Crippen LogP contribution in [0.3, 0.4) is 0 Å². The Morgan fingerprint density at radius 3 is 2.02 bits per heavy atom. The molecule has 3 aromatic rings. The molecular weight excluding hydrogens is 674 g/mol. The summed E-state index contributed by atoms with van der Waals surface area (Å²) in [7, 11) is 1.61. The molecule has 2 heterocycles. The van der Waals surface area contributed by atoms with Gasteiger partial charge in [0.1, 0.15) is 11.9 Å². The number of imidazole rings is 1. The highest BCUT2D eigenvalue weighted by Gasteiger charge is 2.40. The number of rotatable bonds is 8. The van der Waals surface area contributed by atoms with Crippen molar-refractivity contribution in [2.45, 2.75) is 57.3 Å². The number of alkyl halides is 6. The van der Waals surface area contributed by atoms with Crippen LogP contribution < -0.4 is 16.0 Å². The van der Waals surface area contributed by atoms with Crippen LogP contribution in [0.5, 0.6) is 0 Å². The Morgan fingerprint density at radius 2 is 1.47 bits per heavy atom. The molecule has 1 aliphatic rings. The summed E-state index contributed by atoms with van der Waals surface area (Å²) in [6, 6.07) is 13.2. The number of hydrogen-bond donors (Lipinski definition) is 5. The molecule has 0 aliphatic carbocycles. The first-order valence-electron chi connectivity index (χ1n) is 14.2. The van der Waals surface area contributed by atoms with Gasteiger partial charge in [-0.05, 0) is 43.1 Å². The van der Waals surface area contributed by atoms with Gasteiger partial charge < -0.3 is 35.8 Å². The molecule has 20 heteroatoms. The van der Waals surface area contributed by atoms with Crippen molar-refractivity contribution in [3.8, 4) is 0 Å². The van der Waals surface area contributed by atoms with Crippen LogP contribution >= 0.6 is 0 Å². The largest absolute Gasteiger partial charge is 0.490 e. The number of likely N-dealkylation sites (N-methyl/N-ethyl adjacent to an activating group) is 1. The highest BCUT2D eigenvalue weighted by Crippen LogP contribution is 2.29. The number of halogens is 6. The van der Waals surface area contributed by atoms with E-state index < -0.39 is 54.7 Å². The van der Waals surface area contributed by atoms with Gasteiger partial charge in [0.05, 0.1) is 29.7 Å². The number of carboxylic acid groups (broad SMARTS) is 3. The number of urea groups is 1. The van der Waals surface area contributed by atoms with E-state index in [0.29, 0.717) is 24.6 Å². The molecule has 1 aliphatic heterocycles. The zero-order chi connectivity index (χ0) is 37.1. The summed E-state index contributed by atoms with van der Waals surface area (Å²) >= 11 is 0. The van der Waals surface area contributed by atoms with Crippen LogP contribution in [0.2, 0.25) is 0 Å². The van der Waals surface area contributed by atoms with Crippen LogP contribution in [0.4, 0.5) is 36.8 Å². The molecule has 1 aromatic heterocycles. The number of unbranched alkanes of at least 4 members (excludes halogenated alkanes) is 1. The molecule has 3 amide bonds. The number of hydrogen-bond acceptors (Lipinski definition) is 7. The molecule has 49 heavy (non-hydrogen) atoms. The molecule has 268 valence electrons. The molecule has 1 atom stereocenters. The van der Waals surface area contributed by atoms with Crippen molar-refractivity contribution in [1.82, 2.24) is 19.8 Å². The number of fused-ring (bicyclic) bond motifs is 2. The average molecular weight is 707 g/mol. The maximum Gasteiger partial charge on any atom is 0.490 e. The lowest BCUT2D eigenvalue weighted by Crippen LogP contribution is -2.52. The van der Waals surface area contributed by atoms with E-state index in [-0.39, 0.29) is 13.1 Å². The summed E-state index contributed by atoms with van der Waals surface area (Å²) in [5.41, 5.74) is 8.73. The van der Waals surface area contributed by atoms with E-state index in [4.69, 9.17) is 30.5 Å². The van der Waals surface area contributed by atoms with Crippen LogP contribution in [0.15, 0.2) is 48.5 Å². The number of carboxylic acids is 3. The van der Waals surface area contributed by atoms with E-state index in [2.05, 4.69) is 9.88 Å². The van der Waals surface area contributed by atoms with Crippen LogP contribution in [0, 0.1) is 0 Å². The van der Waals surface area contributed by atoms with E-state index in [1.54, 1.807) is 19.2 Å². The lowest BCUT2D eigenvalue weighted by molar-refractivity contribution is -0.193. The fourth-order valence-electron chi connectivity index (χ4n) is 4.50. The van der Waals surface area contributed by atoms with Crippen molar-refractivity contribution in [2.75, 3.05) is 18.5 Å². The second-order valence-corrected chi connectivity index (χ2v) is 10.2. The normalized spacial score (nSPS) is 14.4. The van der Waals surface area contributed by atoms with Crippen molar-refractivity contribution in [3.63, 3.8) is 0 Å². The third-order valence-corrected chi connectivity index (χ3v) is 6.67. The molecule has 0 spiro atoms. The summed E-state index contributed by atoms with van der Waals surface area (Å²) in [6.45, 7) is 1.71. The van der Waals surface area contributed by atoms with E-state index in [1.165, 1.54) is 9.80 Å². The Bertz CT molecular complexity index is 1620. The highest BCUT2D eigenvalue weighted by molar-refractivity contribution is 6.02. The Labute approximate surface area is 273 Å². The number of nitrogens with one attached hydrogen (secondary N) is 1. The monoisotopic (exact) mass is 706 g/mol. The predicted molar refractivity (Wildman–Crippen MR) is 159 cm³/mol. The summed E-state index contributed by atoms with van der Waals surface area (Å²) < 4.78 is 65.5. The van der Waals surface area contributed by atoms with Crippen molar-refractivity contribution < 1.29 is 65.6 Å². The first-order chi connectivity index (χ1) is 22.8. The standard InChI is InChI=1S/C25H30N6O4.2C2HF3O2/c1-29-16-17-8-2-4-10-19(17)31(21(24(29)34)14-23(32)33)25(35)27-15-22-28-18-9-3-5-11-20(18)30(22)13-7-6-12-26;2*3-2(4,5)1(6)7/h2-5,8-11,21H,6-7,12-16,26H2,1H3,(H,27,35)(H,32,33);2*(H,6,7)/t21-;;/m0../s1. The summed E-state index contributed by atoms with van der Waals surface area (Å²) in [6.07, 6.45) is -8.92. The van der Waals surface area contributed by atoms with E-state index in [0.717, 1.165) is 29.4 Å². The van der Waals surface area contributed by atoms with Gasteiger partial charge in [-0.15, -0.1) is 0 Å². The Kier molecular flexibility index (Phi) is 13.9. The molecule has 0 radical (unpaired) electrons. The number of nitrogens with two attached hydrogens (primary N) is 1. The number of para-hydroxylation sites is 3. The molecule has 2 aromatic carbocycles. The van der Waals surface area contributed by atoms with Gasteiger partial charge in [-0.3, -0.25) is 14.5 Å². The Hall–Kier alpha value is -5.40. The maximum absolute atomic E-state index is 13.5. The topological polar surface area (TPSA) is 208 Å². The lowest BCUT2D eigenvalue weighted by Gasteiger charge is -2.29. The number of benzene rings is 2. The van der Waals surface area contributed by atoms with Crippen molar-refractivity contribution in [1.29, 1.82) is 0 Å². The van der Waals surface area contributed by atoms with Crippen molar-refractivity contribution in [3.05, 3.63) is 59.9 Å². The van der Waals surface area contributed by atoms with Crippen LogP contribution in [-0.2, 0) is 38.8 Å². The molecule has 0 bridgehead atoms. The van der Waals surface area contributed by atoms with Gasteiger partial charge in [0.15, 0.2) is 0 Å². The van der Waals surface area contributed by atoms with Crippen molar-refractivity contribution >= 4 is 46.6 Å². The Balaban J connectivity index is 0.000000500. The lowest BCUT2D eigenvalue weighted by atomic mass is 10.1. The van der Waals surface area contributed by atoms with Gasteiger partial charge in [-0.25, -0.2) is 19.4 Å². The minimum Gasteiger partial charge on any atom is -0.481 e. The summed E-state index contributed by atoms with van der Waals surface area (Å²) in [4.78, 5) is 63.4. The number of aryl methyl sites for hydroxylation is 1. The molecule has 4 rings (SSSR count). The number of amides is 3. The van der Waals surface area contributed by atoms with Gasteiger partial charge in [0, 0.05) is 20.1 Å². The minimum absolute atomic E-state index is 0.124. The van der Waals surface area contributed by atoms with Gasteiger partial charge in [-0.1, -0.05) is 30.3 Å². The Morgan fingerprint density at radius 1 is 0.918 bits per heavy atom. The van der Waals surface area contributed by atoms with Crippen molar-refractivity contribution in [2.24, 2.45) is 5.73 Å². The first kappa shape index (κ1) is 39.8. The first-order valence-corrected chi connectivity index (χ1v) is 14.2. The highest BCUT2D eigenvalue weighted by atomic mass is 19.4. The van der Waals surface area contributed by atoms with Gasteiger partial charge in [0.2, 0.25) is 5.91 Å². The third-order valence-electron chi connectivity index (χ3n) is 6.67. The molecular formula is C29H32F6N6O8. The summed E-state index contributed by atoms with van der Waals surface area (Å²) in [5, 5.41) is 26.6. The average Bonchev–Trinajstić information content (AvgIpc) is 3.32. The van der Waals surface area contributed by atoms with Gasteiger partial charge in [0.25, 0.3) is 0 Å². The van der Waals surface area contributed by atoms with E-state index in [9.17, 15) is 45.8 Å². The number of carbonyl (C=O) groups is 5. The molecule has 0 saturated carbocycles. The zero-order valence-electron chi connectivity index (χ0n) is 25.7. The second-order valence-electron chi connectivity index (χ2n) is 10.2. The van der Waals surface area contributed by atoms with Gasteiger partial charge >= 0.3 is 36.3 Å². The number of aliphatic carboxylic acids is 3.